The summed E-state index contributed by atoms with van der Waals surface area (Å²) in [4.78, 5) is 0. The predicted molar refractivity (Wildman–Crippen MR) is 57.2 cm³/mol. The lowest BCUT2D eigenvalue weighted by molar-refractivity contribution is -0.101. The van der Waals surface area contributed by atoms with Crippen molar-refractivity contribution in [3.63, 3.8) is 0 Å². The van der Waals surface area contributed by atoms with Crippen LogP contribution in [-0.4, -0.2) is 32.5 Å². The van der Waals surface area contributed by atoms with Gasteiger partial charge in [0.15, 0.2) is 0 Å². The monoisotopic (exact) mass is 226 g/mol. The summed E-state index contributed by atoms with van der Waals surface area (Å²) in [7, 11) is 0. The molecule has 1 atom stereocenters. The molecule has 1 aromatic rings. The third-order valence-electron chi connectivity index (χ3n) is 2.46. The number of ether oxygens (including phenoxy) is 3. The fourth-order valence-corrected chi connectivity index (χ4v) is 1.54. The van der Waals surface area contributed by atoms with Crippen molar-refractivity contribution in [2.75, 3.05) is 26.4 Å². The largest absolute Gasteiger partial charge is 0.490 e. The van der Waals surface area contributed by atoms with E-state index in [1.807, 2.05) is 6.92 Å². The van der Waals surface area contributed by atoms with Crippen molar-refractivity contribution in [1.82, 2.24) is 0 Å². The quantitative estimate of drug-likeness (QED) is 0.788. The molecule has 88 valence electrons. The Labute approximate surface area is 94.1 Å². The van der Waals surface area contributed by atoms with E-state index in [-0.39, 0.29) is 11.9 Å². The van der Waals surface area contributed by atoms with E-state index >= 15 is 0 Å². The number of hydrogen-bond acceptors (Lipinski definition) is 3. The van der Waals surface area contributed by atoms with Gasteiger partial charge in [0.2, 0.25) is 0 Å². The third kappa shape index (κ3) is 2.93. The highest BCUT2D eigenvalue weighted by molar-refractivity contribution is 5.32. The van der Waals surface area contributed by atoms with Gasteiger partial charge in [-0.05, 0) is 18.6 Å². The van der Waals surface area contributed by atoms with Gasteiger partial charge >= 0.3 is 0 Å². The molecule has 0 aliphatic carbocycles. The van der Waals surface area contributed by atoms with Crippen molar-refractivity contribution in [1.29, 1.82) is 0 Å². The van der Waals surface area contributed by atoms with Gasteiger partial charge in [-0.2, -0.15) is 0 Å². The Hall–Kier alpha value is -1.13. The summed E-state index contributed by atoms with van der Waals surface area (Å²) in [5.74, 6) is 0.274. The molecule has 3 nitrogen and oxygen atoms in total. The molecule has 16 heavy (non-hydrogen) atoms. The maximum absolute atomic E-state index is 13.0. The molecule has 4 heteroatoms. The molecule has 1 aliphatic heterocycles. The van der Waals surface area contributed by atoms with Crippen LogP contribution in [0.5, 0.6) is 5.75 Å². The summed E-state index contributed by atoms with van der Waals surface area (Å²) in [5, 5.41) is 0. The van der Waals surface area contributed by atoms with Gasteiger partial charge in [0.05, 0.1) is 19.8 Å². The van der Waals surface area contributed by atoms with Crippen LogP contribution in [0.2, 0.25) is 0 Å². The summed E-state index contributed by atoms with van der Waals surface area (Å²) >= 11 is 0. The second-order valence-corrected chi connectivity index (χ2v) is 3.79. The maximum Gasteiger partial charge on any atom is 0.126 e. The summed E-state index contributed by atoms with van der Waals surface area (Å²) < 4.78 is 29.2. The molecule has 1 heterocycles. The third-order valence-corrected chi connectivity index (χ3v) is 2.46. The van der Waals surface area contributed by atoms with E-state index in [9.17, 15) is 4.39 Å². The molecule has 1 unspecified atom stereocenters. The number of rotatable bonds is 3. The zero-order valence-corrected chi connectivity index (χ0v) is 9.24. The minimum Gasteiger partial charge on any atom is -0.490 e. The molecule has 1 saturated heterocycles. The van der Waals surface area contributed by atoms with Crippen LogP contribution < -0.4 is 4.74 Å². The molecule has 1 fully saturated rings. The SMILES string of the molecule is Cc1ccc(F)cc1OCC1COCCO1. The maximum atomic E-state index is 13.0. The average Bonchev–Trinajstić information content (AvgIpc) is 2.32. The molecule has 0 saturated carbocycles. The zero-order valence-electron chi connectivity index (χ0n) is 9.24. The Morgan fingerprint density at radius 3 is 3.06 bits per heavy atom. The molecule has 0 N–H and O–H groups in total. The van der Waals surface area contributed by atoms with Gasteiger partial charge in [0.1, 0.15) is 24.3 Å². The second kappa shape index (κ2) is 5.27. The summed E-state index contributed by atoms with van der Waals surface area (Å²) in [6, 6.07) is 4.50. The first-order valence-electron chi connectivity index (χ1n) is 5.34. The standard InChI is InChI=1S/C12H15FO3/c1-9-2-3-10(13)6-12(9)16-8-11-7-14-4-5-15-11/h2-3,6,11H,4-5,7-8H2,1H3. The van der Waals surface area contributed by atoms with E-state index < -0.39 is 0 Å². The lowest BCUT2D eigenvalue weighted by Crippen LogP contribution is -2.33. The minimum atomic E-state index is -0.290. The molecule has 0 spiro atoms. The Bertz CT molecular complexity index is 348. The average molecular weight is 226 g/mol. The highest BCUT2D eigenvalue weighted by atomic mass is 19.1. The van der Waals surface area contributed by atoms with Crippen LogP contribution in [0.4, 0.5) is 4.39 Å². The second-order valence-electron chi connectivity index (χ2n) is 3.79. The van der Waals surface area contributed by atoms with E-state index in [1.165, 1.54) is 12.1 Å². The first-order chi connectivity index (χ1) is 7.75. The number of halogens is 1. The van der Waals surface area contributed by atoms with Crippen LogP contribution in [0.15, 0.2) is 18.2 Å². The van der Waals surface area contributed by atoms with E-state index in [1.54, 1.807) is 6.07 Å². The van der Waals surface area contributed by atoms with Gasteiger partial charge < -0.3 is 14.2 Å². The van der Waals surface area contributed by atoms with Gasteiger partial charge in [-0.15, -0.1) is 0 Å². The van der Waals surface area contributed by atoms with Crippen LogP contribution in [-0.2, 0) is 9.47 Å². The molecule has 0 bridgehead atoms. The molecule has 1 aromatic carbocycles. The summed E-state index contributed by atoms with van der Waals surface area (Å²) in [5.41, 5.74) is 0.915. The predicted octanol–water partition coefficient (Wildman–Crippen LogP) is 1.93. The first kappa shape index (κ1) is 11.4. The van der Waals surface area contributed by atoms with Crippen LogP contribution in [0.25, 0.3) is 0 Å². The van der Waals surface area contributed by atoms with Crippen molar-refractivity contribution in [3.05, 3.63) is 29.6 Å². The van der Waals surface area contributed by atoms with Crippen molar-refractivity contribution in [3.8, 4) is 5.75 Å². The fraction of sp³-hybridized carbons (Fsp3) is 0.500. The lowest BCUT2D eigenvalue weighted by atomic mass is 10.2. The lowest BCUT2D eigenvalue weighted by Gasteiger charge is -2.23. The molecule has 2 rings (SSSR count). The van der Waals surface area contributed by atoms with E-state index in [2.05, 4.69) is 0 Å². The van der Waals surface area contributed by atoms with Crippen LogP contribution >= 0.6 is 0 Å². The van der Waals surface area contributed by atoms with Crippen LogP contribution in [0.1, 0.15) is 5.56 Å². The number of aryl methyl sites for hydroxylation is 1. The zero-order chi connectivity index (χ0) is 11.4. The Balaban J connectivity index is 1.90. The molecule has 0 aromatic heterocycles. The Morgan fingerprint density at radius 1 is 1.44 bits per heavy atom. The van der Waals surface area contributed by atoms with Crippen LogP contribution in [0.3, 0.4) is 0 Å². The number of hydrogen-bond donors (Lipinski definition) is 0. The number of benzene rings is 1. The van der Waals surface area contributed by atoms with Crippen LogP contribution in [0, 0.1) is 12.7 Å². The molecular weight excluding hydrogens is 211 g/mol. The fourth-order valence-electron chi connectivity index (χ4n) is 1.54. The van der Waals surface area contributed by atoms with Crippen molar-refractivity contribution in [2.45, 2.75) is 13.0 Å². The smallest absolute Gasteiger partial charge is 0.126 e. The Morgan fingerprint density at radius 2 is 2.31 bits per heavy atom. The van der Waals surface area contributed by atoms with E-state index in [0.29, 0.717) is 32.2 Å². The Kier molecular flexibility index (Phi) is 3.74. The molecule has 0 amide bonds. The van der Waals surface area contributed by atoms with Gasteiger partial charge in [0, 0.05) is 6.07 Å². The van der Waals surface area contributed by atoms with Gasteiger partial charge in [-0.25, -0.2) is 4.39 Å². The highest BCUT2D eigenvalue weighted by Crippen LogP contribution is 2.19. The van der Waals surface area contributed by atoms with Crippen molar-refractivity contribution < 1.29 is 18.6 Å². The normalized spacial score (nSPS) is 20.8. The van der Waals surface area contributed by atoms with Gasteiger partial charge in [-0.3, -0.25) is 0 Å². The van der Waals surface area contributed by atoms with Crippen molar-refractivity contribution in [2.24, 2.45) is 0 Å². The minimum absolute atomic E-state index is 0.0589. The summed E-state index contributed by atoms with van der Waals surface area (Å²) in [6.45, 7) is 4.04. The summed E-state index contributed by atoms with van der Waals surface area (Å²) in [6.07, 6.45) is -0.0589. The van der Waals surface area contributed by atoms with Gasteiger partial charge in [0.25, 0.3) is 0 Å². The topological polar surface area (TPSA) is 27.7 Å². The highest BCUT2D eigenvalue weighted by Gasteiger charge is 2.15. The van der Waals surface area contributed by atoms with Crippen molar-refractivity contribution >= 4 is 0 Å². The molecule has 1 aliphatic rings. The molecule has 0 radical (unpaired) electrons. The first-order valence-corrected chi connectivity index (χ1v) is 5.34. The molecular formula is C12H15FO3. The van der Waals surface area contributed by atoms with E-state index in [0.717, 1.165) is 5.56 Å². The van der Waals surface area contributed by atoms with Gasteiger partial charge in [-0.1, -0.05) is 6.07 Å². The van der Waals surface area contributed by atoms with E-state index in [4.69, 9.17) is 14.2 Å².